The van der Waals surface area contributed by atoms with Crippen LogP contribution in [0.4, 0.5) is 10.1 Å². The number of hydrogen-bond acceptors (Lipinski definition) is 4. The third-order valence-corrected chi connectivity index (χ3v) is 3.79. The largest absolute Gasteiger partial charge is 0.281 e. The molecule has 0 aliphatic carbocycles. The number of nitrogens with zero attached hydrogens (tertiary/aromatic N) is 2. The summed E-state index contributed by atoms with van der Waals surface area (Å²) in [6, 6.07) is 14.3. The lowest BCUT2D eigenvalue weighted by atomic mass is 10.2. The summed E-state index contributed by atoms with van der Waals surface area (Å²) in [6.45, 7) is 0. The van der Waals surface area contributed by atoms with Crippen molar-refractivity contribution in [3.8, 4) is 0 Å². The van der Waals surface area contributed by atoms with E-state index in [9.17, 15) is 14.5 Å². The van der Waals surface area contributed by atoms with Gasteiger partial charge in [-0.1, -0.05) is 30.0 Å². The van der Waals surface area contributed by atoms with Gasteiger partial charge in [-0.2, -0.15) is 0 Å². The molecule has 0 amide bonds. The van der Waals surface area contributed by atoms with Crippen molar-refractivity contribution in [2.75, 3.05) is 0 Å². The third kappa shape index (κ3) is 2.85. The van der Waals surface area contributed by atoms with Crippen LogP contribution in [0.5, 0.6) is 0 Å². The molecule has 0 saturated heterocycles. The molecular formula is C15H9FN2O2S. The van der Waals surface area contributed by atoms with Gasteiger partial charge in [0, 0.05) is 11.0 Å². The summed E-state index contributed by atoms with van der Waals surface area (Å²) in [6.07, 6.45) is 0. The van der Waals surface area contributed by atoms with Gasteiger partial charge in [0.05, 0.1) is 15.8 Å². The molecule has 0 unspecified atom stereocenters. The summed E-state index contributed by atoms with van der Waals surface area (Å²) >= 11 is 1.19. The van der Waals surface area contributed by atoms with E-state index in [4.69, 9.17) is 0 Å². The highest BCUT2D eigenvalue weighted by Gasteiger charge is 2.15. The van der Waals surface area contributed by atoms with E-state index in [1.165, 1.54) is 30.0 Å². The van der Waals surface area contributed by atoms with Crippen molar-refractivity contribution < 1.29 is 9.31 Å². The molecule has 0 spiro atoms. The van der Waals surface area contributed by atoms with Crippen LogP contribution >= 0.6 is 11.8 Å². The van der Waals surface area contributed by atoms with Gasteiger partial charge in [-0.3, -0.25) is 10.1 Å². The lowest BCUT2D eigenvalue weighted by molar-refractivity contribution is -0.383. The molecule has 0 aliphatic heterocycles. The molecule has 0 bridgehead atoms. The molecule has 3 aromatic rings. The first-order valence-corrected chi connectivity index (χ1v) is 6.93. The minimum Gasteiger partial charge on any atom is -0.258 e. The van der Waals surface area contributed by atoms with Crippen molar-refractivity contribution in [1.29, 1.82) is 0 Å². The minimum absolute atomic E-state index is 0.000460. The van der Waals surface area contributed by atoms with Gasteiger partial charge in [-0.25, -0.2) is 9.37 Å². The lowest BCUT2D eigenvalue weighted by Gasteiger charge is -2.04. The first-order chi connectivity index (χ1) is 10.1. The van der Waals surface area contributed by atoms with Crippen molar-refractivity contribution in [2.24, 2.45) is 0 Å². The molecule has 0 N–H and O–H groups in total. The van der Waals surface area contributed by atoms with Crippen LogP contribution in [0.2, 0.25) is 0 Å². The maximum atomic E-state index is 13.2. The lowest BCUT2D eigenvalue weighted by Crippen LogP contribution is -1.93. The smallest absolute Gasteiger partial charge is 0.258 e. The van der Waals surface area contributed by atoms with Crippen molar-refractivity contribution >= 4 is 28.4 Å². The van der Waals surface area contributed by atoms with E-state index in [1.807, 2.05) is 0 Å². The number of halogens is 1. The fraction of sp³-hybridized carbons (Fsp3) is 0. The molecule has 1 aromatic heterocycles. The number of rotatable bonds is 3. The minimum atomic E-state index is -0.431. The van der Waals surface area contributed by atoms with Crippen molar-refractivity contribution in [3.63, 3.8) is 0 Å². The van der Waals surface area contributed by atoms with Crippen molar-refractivity contribution in [3.05, 3.63) is 70.5 Å². The van der Waals surface area contributed by atoms with E-state index in [0.717, 1.165) is 0 Å². The fourth-order valence-electron chi connectivity index (χ4n) is 1.99. The van der Waals surface area contributed by atoms with Gasteiger partial charge in [0.25, 0.3) is 5.69 Å². The van der Waals surface area contributed by atoms with Gasteiger partial charge < -0.3 is 0 Å². The van der Waals surface area contributed by atoms with Gasteiger partial charge in [-0.15, -0.1) is 0 Å². The molecule has 0 radical (unpaired) electrons. The predicted octanol–water partition coefficient (Wildman–Crippen LogP) is 4.43. The van der Waals surface area contributed by atoms with E-state index in [1.54, 1.807) is 36.4 Å². The monoisotopic (exact) mass is 300 g/mol. The average Bonchev–Trinajstić information content (AvgIpc) is 2.46. The highest BCUT2D eigenvalue weighted by atomic mass is 32.2. The highest BCUT2D eigenvalue weighted by molar-refractivity contribution is 7.99. The van der Waals surface area contributed by atoms with E-state index < -0.39 is 4.92 Å². The van der Waals surface area contributed by atoms with E-state index in [2.05, 4.69) is 4.98 Å². The molecule has 104 valence electrons. The van der Waals surface area contributed by atoms with Crippen LogP contribution in [0.25, 0.3) is 10.9 Å². The van der Waals surface area contributed by atoms with Crippen LogP contribution in [0, 0.1) is 15.9 Å². The van der Waals surface area contributed by atoms with E-state index >= 15 is 0 Å². The zero-order valence-corrected chi connectivity index (χ0v) is 11.5. The Morgan fingerprint density at radius 3 is 2.67 bits per heavy atom. The number of para-hydroxylation sites is 1. The molecule has 6 heteroatoms. The molecule has 1 heterocycles. The second-order valence-corrected chi connectivity index (χ2v) is 5.41. The normalized spacial score (nSPS) is 10.7. The Labute approximate surface area is 123 Å². The summed E-state index contributed by atoms with van der Waals surface area (Å²) in [4.78, 5) is 15.8. The van der Waals surface area contributed by atoms with Gasteiger partial charge in [-0.05, 0) is 30.3 Å². The molecule has 4 nitrogen and oxygen atoms in total. The number of aromatic nitrogens is 1. The van der Waals surface area contributed by atoms with Crippen LogP contribution < -0.4 is 0 Å². The van der Waals surface area contributed by atoms with Crippen molar-refractivity contribution in [1.82, 2.24) is 4.98 Å². The molecule has 0 fully saturated rings. The fourth-order valence-corrected chi connectivity index (χ4v) is 2.86. The first-order valence-electron chi connectivity index (χ1n) is 6.11. The van der Waals surface area contributed by atoms with E-state index in [-0.39, 0.29) is 11.5 Å². The Morgan fingerprint density at radius 2 is 1.90 bits per heavy atom. The second-order valence-electron chi connectivity index (χ2n) is 4.31. The Balaban J connectivity index is 2.09. The zero-order chi connectivity index (χ0) is 14.8. The summed E-state index contributed by atoms with van der Waals surface area (Å²) in [7, 11) is 0. The summed E-state index contributed by atoms with van der Waals surface area (Å²) in [5.41, 5.74) is 0.546. The number of benzene rings is 2. The van der Waals surface area contributed by atoms with Crippen LogP contribution in [0.15, 0.2) is 64.5 Å². The van der Waals surface area contributed by atoms with Gasteiger partial charge in [0.15, 0.2) is 0 Å². The summed E-state index contributed by atoms with van der Waals surface area (Å²) < 4.78 is 13.2. The first kappa shape index (κ1) is 13.5. The van der Waals surface area contributed by atoms with Gasteiger partial charge >= 0.3 is 0 Å². The van der Waals surface area contributed by atoms with Crippen LogP contribution in [-0.4, -0.2) is 9.91 Å². The molecule has 2 aromatic carbocycles. The zero-order valence-electron chi connectivity index (χ0n) is 10.7. The molecule has 21 heavy (non-hydrogen) atoms. The second kappa shape index (κ2) is 5.49. The van der Waals surface area contributed by atoms with Crippen molar-refractivity contribution in [2.45, 2.75) is 9.92 Å². The maximum absolute atomic E-state index is 13.2. The molecule has 3 rings (SSSR count). The standard InChI is InChI=1S/C15H9FN2O2S/c16-10-4-3-5-11(8-10)21-15-9-14(18(19)20)12-6-1-2-7-13(12)17-15/h1-9H. The quantitative estimate of drug-likeness (QED) is 0.530. The SMILES string of the molecule is O=[N+]([O-])c1cc(Sc2cccc(F)c2)nc2ccccc12. The van der Waals surface area contributed by atoms with Gasteiger partial charge in [0.2, 0.25) is 0 Å². The summed E-state index contributed by atoms with van der Waals surface area (Å²) in [5, 5.41) is 12.1. The average molecular weight is 300 g/mol. The van der Waals surface area contributed by atoms with Crippen LogP contribution in [0.3, 0.4) is 0 Å². The predicted molar refractivity (Wildman–Crippen MR) is 78.9 cm³/mol. The number of pyridine rings is 1. The Bertz CT molecular complexity index is 839. The number of hydrogen-bond donors (Lipinski definition) is 0. The molecule has 0 aliphatic rings. The molecular weight excluding hydrogens is 291 g/mol. The third-order valence-electron chi connectivity index (χ3n) is 2.89. The van der Waals surface area contributed by atoms with E-state index in [0.29, 0.717) is 20.8 Å². The highest BCUT2D eigenvalue weighted by Crippen LogP contribution is 2.33. The van der Waals surface area contributed by atoms with Crippen LogP contribution in [0.1, 0.15) is 0 Å². The summed E-state index contributed by atoms with van der Waals surface area (Å²) in [5.74, 6) is -0.352. The van der Waals surface area contributed by atoms with Crippen LogP contribution in [-0.2, 0) is 0 Å². The topological polar surface area (TPSA) is 56.0 Å². The number of nitro groups is 1. The maximum Gasteiger partial charge on any atom is 0.281 e. The molecule has 0 saturated carbocycles. The van der Waals surface area contributed by atoms with Gasteiger partial charge in [0.1, 0.15) is 10.8 Å². The Kier molecular flexibility index (Phi) is 3.53. The molecule has 0 atom stereocenters. The number of fused-ring (bicyclic) bond motifs is 1. The Morgan fingerprint density at radius 1 is 1.10 bits per heavy atom. The Hall–Kier alpha value is -2.47.